The lowest BCUT2D eigenvalue weighted by Gasteiger charge is -2.03. The number of aromatic hydroxyl groups is 1. The molecule has 3 aromatic rings. The number of benzene rings is 2. The highest BCUT2D eigenvalue weighted by atomic mass is 16.3. The number of pyridine rings is 1. The summed E-state index contributed by atoms with van der Waals surface area (Å²) in [5.41, 5.74) is 2.33. The average molecular weight is 289 g/mol. The number of hydrogen-bond acceptors (Lipinski definition) is 3. The molecule has 0 aliphatic heterocycles. The van der Waals surface area contributed by atoms with E-state index >= 15 is 0 Å². The standard InChI is InChI=1S/C19H15NO2/c1-13-11-16(21)6-7-17(13)19(22)8-5-14-3-2-4-15-12-20-10-9-18(14)15/h2-12,21H,1H3/b8-5+. The maximum Gasteiger partial charge on any atom is 0.186 e. The van der Waals surface area contributed by atoms with Gasteiger partial charge in [0.15, 0.2) is 5.78 Å². The van der Waals surface area contributed by atoms with Crippen LogP contribution < -0.4 is 0 Å². The second-order valence-corrected chi connectivity index (χ2v) is 5.14. The van der Waals surface area contributed by atoms with Gasteiger partial charge in [0.1, 0.15) is 5.75 Å². The zero-order valence-corrected chi connectivity index (χ0v) is 12.2. The summed E-state index contributed by atoms with van der Waals surface area (Å²) in [6.45, 7) is 1.81. The van der Waals surface area contributed by atoms with Gasteiger partial charge in [0.25, 0.3) is 0 Å². The predicted octanol–water partition coefficient (Wildman–Crippen LogP) is 4.14. The number of phenolic OH excluding ortho intramolecular Hbond substituents is 1. The molecule has 0 amide bonds. The van der Waals surface area contributed by atoms with Gasteiger partial charge in [0.2, 0.25) is 0 Å². The molecule has 3 nitrogen and oxygen atoms in total. The first kappa shape index (κ1) is 14.0. The molecule has 108 valence electrons. The minimum atomic E-state index is -0.0800. The van der Waals surface area contributed by atoms with E-state index in [0.29, 0.717) is 5.56 Å². The van der Waals surface area contributed by atoms with E-state index in [1.807, 2.05) is 37.3 Å². The van der Waals surface area contributed by atoms with Gasteiger partial charge in [-0.05, 0) is 53.8 Å². The molecule has 0 saturated heterocycles. The van der Waals surface area contributed by atoms with Crippen molar-refractivity contribution in [2.75, 3.05) is 0 Å². The first-order valence-electron chi connectivity index (χ1n) is 7.00. The van der Waals surface area contributed by atoms with E-state index in [1.165, 1.54) is 6.07 Å². The molecule has 0 unspecified atom stereocenters. The number of aryl methyl sites for hydroxylation is 1. The van der Waals surface area contributed by atoms with Gasteiger partial charge in [-0.15, -0.1) is 0 Å². The molecule has 0 radical (unpaired) electrons. The first-order valence-corrected chi connectivity index (χ1v) is 7.00. The number of rotatable bonds is 3. The molecule has 0 aliphatic rings. The highest BCUT2D eigenvalue weighted by Crippen LogP contribution is 2.20. The van der Waals surface area contributed by atoms with Crippen LogP contribution >= 0.6 is 0 Å². The summed E-state index contributed by atoms with van der Waals surface area (Å²) in [7, 11) is 0. The fourth-order valence-corrected chi connectivity index (χ4v) is 2.47. The van der Waals surface area contributed by atoms with E-state index in [4.69, 9.17) is 0 Å². The summed E-state index contributed by atoms with van der Waals surface area (Å²) < 4.78 is 0. The number of hydrogen-bond donors (Lipinski definition) is 1. The Bertz CT molecular complexity index is 876. The third-order valence-electron chi connectivity index (χ3n) is 3.60. The topological polar surface area (TPSA) is 50.2 Å². The Morgan fingerprint density at radius 1 is 1.18 bits per heavy atom. The molecule has 3 rings (SSSR count). The molecule has 0 saturated carbocycles. The zero-order valence-electron chi connectivity index (χ0n) is 12.2. The average Bonchev–Trinajstić information content (AvgIpc) is 2.52. The van der Waals surface area contributed by atoms with Crippen molar-refractivity contribution in [3.8, 4) is 5.75 Å². The predicted molar refractivity (Wildman–Crippen MR) is 88.0 cm³/mol. The van der Waals surface area contributed by atoms with Crippen LogP contribution in [0.4, 0.5) is 0 Å². The largest absolute Gasteiger partial charge is 0.508 e. The molecular weight excluding hydrogens is 274 g/mol. The van der Waals surface area contributed by atoms with Gasteiger partial charge in [-0.25, -0.2) is 0 Å². The lowest BCUT2D eigenvalue weighted by molar-refractivity contribution is 0.104. The molecule has 0 aliphatic carbocycles. The molecule has 0 spiro atoms. The normalized spacial score (nSPS) is 11.1. The molecular formula is C19H15NO2. The van der Waals surface area contributed by atoms with Crippen LogP contribution in [0.15, 0.2) is 60.9 Å². The molecule has 0 atom stereocenters. The highest BCUT2D eigenvalue weighted by Gasteiger charge is 2.06. The van der Waals surface area contributed by atoms with Gasteiger partial charge in [0.05, 0.1) is 0 Å². The number of carbonyl (C=O) groups is 1. The van der Waals surface area contributed by atoms with E-state index in [2.05, 4.69) is 4.98 Å². The van der Waals surface area contributed by atoms with Gasteiger partial charge in [-0.1, -0.05) is 24.3 Å². The molecule has 2 aromatic carbocycles. The van der Waals surface area contributed by atoms with Gasteiger partial charge in [-0.3, -0.25) is 9.78 Å². The van der Waals surface area contributed by atoms with Crippen LogP contribution in [0.2, 0.25) is 0 Å². The van der Waals surface area contributed by atoms with E-state index in [0.717, 1.165) is 21.9 Å². The first-order chi connectivity index (χ1) is 10.6. The van der Waals surface area contributed by atoms with Gasteiger partial charge >= 0.3 is 0 Å². The molecule has 1 N–H and O–H groups in total. The SMILES string of the molecule is Cc1cc(O)ccc1C(=O)/C=C/c1cccc2cnccc12. The van der Waals surface area contributed by atoms with Crippen molar-refractivity contribution in [3.63, 3.8) is 0 Å². The minimum Gasteiger partial charge on any atom is -0.508 e. The summed E-state index contributed by atoms with van der Waals surface area (Å²) in [4.78, 5) is 16.4. The Labute approximate surface area is 128 Å². The fourth-order valence-electron chi connectivity index (χ4n) is 2.47. The second-order valence-electron chi connectivity index (χ2n) is 5.14. The summed E-state index contributed by atoms with van der Waals surface area (Å²) in [5.74, 6) is 0.0862. The van der Waals surface area contributed by atoms with Crippen LogP contribution in [0.1, 0.15) is 21.5 Å². The van der Waals surface area contributed by atoms with Crippen LogP contribution in [0.5, 0.6) is 5.75 Å². The summed E-state index contributed by atoms with van der Waals surface area (Å²) in [6.07, 6.45) is 6.93. The number of aromatic nitrogens is 1. The van der Waals surface area contributed by atoms with E-state index in [1.54, 1.807) is 30.6 Å². The summed E-state index contributed by atoms with van der Waals surface area (Å²) >= 11 is 0. The number of carbonyl (C=O) groups excluding carboxylic acids is 1. The Hall–Kier alpha value is -2.94. The maximum atomic E-state index is 12.3. The van der Waals surface area contributed by atoms with Crippen molar-refractivity contribution in [3.05, 3.63) is 77.6 Å². The number of ketones is 1. The van der Waals surface area contributed by atoms with Crippen molar-refractivity contribution in [1.82, 2.24) is 4.98 Å². The highest BCUT2D eigenvalue weighted by molar-refractivity contribution is 6.08. The monoisotopic (exact) mass is 289 g/mol. The van der Waals surface area contributed by atoms with Crippen LogP contribution in [-0.4, -0.2) is 15.9 Å². The Kier molecular flexibility index (Phi) is 3.71. The lowest BCUT2D eigenvalue weighted by Crippen LogP contribution is -1.97. The summed E-state index contributed by atoms with van der Waals surface area (Å²) in [6, 6.07) is 12.6. The Morgan fingerprint density at radius 3 is 2.86 bits per heavy atom. The van der Waals surface area contributed by atoms with Crippen molar-refractivity contribution in [2.45, 2.75) is 6.92 Å². The number of fused-ring (bicyclic) bond motifs is 1. The molecule has 0 fully saturated rings. The maximum absolute atomic E-state index is 12.3. The van der Waals surface area contributed by atoms with Crippen LogP contribution in [-0.2, 0) is 0 Å². The minimum absolute atomic E-state index is 0.0800. The second kappa shape index (κ2) is 5.82. The number of nitrogens with zero attached hydrogens (tertiary/aromatic N) is 1. The van der Waals surface area contributed by atoms with Crippen molar-refractivity contribution >= 4 is 22.6 Å². The van der Waals surface area contributed by atoms with E-state index < -0.39 is 0 Å². The van der Waals surface area contributed by atoms with Crippen LogP contribution in [0, 0.1) is 6.92 Å². The Balaban J connectivity index is 1.94. The molecule has 1 aromatic heterocycles. The summed E-state index contributed by atoms with van der Waals surface area (Å²) in [5, 5.41) is 11.5. The fraction of sp³-hybridized carbons (Fsp3) is 0.0526. The Morgan fingerprint density at radius 2 is 2.05 bits per heavy atom. The molecule has 3 heteroatoms. The third kappa shape index (κ3) is 2.74. The van der Waals surface area contributed by atoms with Crippen molar-refractivity contribution in [1.29, 1.82) is 0 Å². The van der Waals surface area contributed by atoms with Crippen LogP contribution in [0.3, 0.4) is 0 Å². The quantitative estimate of drug-likeness (QED) is 0.582. The third-order valence-corrected chi connectivity index (χ3v) is 3.60. The van der Waals surface area contributed by atoms with E-state index in [-0.39, 0.29) is 11.5 Å². The lowest BCUT2D eigenvalue weighted by atomic mass is 10.0. The van der Waals surface area contributed by atoms with Gasteiger partial charge in [-0.2, -0.15) is 0 Å². The number of allylic oxidation sites excluding steroid dienone is 1. The molecule has 0 bridgehead atoms. The smallest absolute Gasteiger partial charge is 0.186 e. The molecule has 1 heterocycles. The van der Waals surface area contributed by atoms with Gasteiger partial charge in [0, 0.05) is 23.3 Å². The van der Waals surface area contributed by atoms with Gasteiger partial charge < -0.3 is 5.11 Å². The van der Waals surface area contributed by atoms with Crippen LogP contribution in [0.25, 0.3) is 16.8 Å². The number of phenols is 1. The molecule has 22 heavy (non-hydrogen) atoms. The van der Waals surface area contributed by atoms with Crippen molar-refractivity contribution in [2.24, 2.45) is 0 Å². The zero-order chi connectivity index (χ0) is 15.5. The van der Waals surface area contributed by atoms with E-state index in [9.17, 15) is 9.90 Å². The van der Waals surface area contributed by atoms with Crippen molar-refractivity contribution < 1.29 is 9.90 Å².